The number of fused-ring (bicyclic) bond motifs is 1. The second kappa shape index (κ2) is 4.91. The van der Waals surface area contributed by atoms with E-state index in [0.29, 0.717) is 12.1 Å². The predicted octanol–water partition coefficient (Wildman–Crippen LogP) is 2.52. The number of aryl methyl sites for hydroxylation is 2. The highest BCUT2D eigenvalue weighted by Gasteiger charge is 2.37. The quantitative estimate of drug-likeness (QED) is 0.821. The maximum atomic E-state index is 5.34. The van der Waals surface area contributed by atoms with E-state index in [2.05, 4.69) is 35.7 Å². The molecule has 0 aliphatic carbocycles. The Bertz CT molecular complexity index is 437. The summed E-state index contributed by atoms with van der Waals surface area (Å²) in [6.45, 7) is 12.4. The SMILES string of the molecule is Cc1noc(C)c1C(C)N1CC2CCCN2CC1C. The van der Waals surface area contributed by atoms with Gasteiger partial charge in [0.05, 0.1) is 5.69 Å². The van der Waals surface area contributed by atoms with E-state index in [1.807, 2.05) is 6.92 Å². The van der Waals surface area contributed by atoms with Gasteiger partial charge in [-0.2, -0.15) is 0 Å². The first-order valence-corrected chi connectivity index (χ1v) is 7.50. The fraction of sp³-hybridized carbons (Fsp3) is 0.800. The topological polar surface area (TPSA) is 32.5 Å². The van der Waals surface area contributed by atoms with Crippen molar-refractivity contribution >= 4 is 0 Å². The standard InChI is InChI=1S/C15H25N3O/c1-10-8-17-7-5-6-14(17)9-18(10)12(3)15-11(2)16-19-13(15)4/h10,12,14H,5-9H2,1-4H3. The lowest BCUT2D eigenvalue weighted by molar-refractivity contribution is 0.0320. The van der Waals surface area contributed by atoms with Crippen LogP contribution in [0.5, 0.6) is 0 Å². The minimum atomic E-state index is 0.406. The minimum Gasteiger partial charge on any atom is -0.361 e. The number of aromatic nitrogens is 1. The first-order valence-electron chi connectivity index (χ1n) is 7.50. The van der Waals surface area contributed by atoms with Crippen molar-refractivity contribution in [2.75, 3.05) is 19.6 Å². The van der Waals surface area contributed by atoms with Crippen LogP contribution < -0.4 is 0 Å². The van der Waals surface area contributed by atoms with Crippen LogP contribution in [0.25, 0.3) is 0 Å². The van der Waals surface area contributed by atoms with Gasteiger partial charge in [-0.15, -0.1) is 0 Å². The second-order valence-electron chi connectivity index (χ2n) is 6.25. The van der Waals surface area contributed by atoms with Crippen molar-refractivity contribution in [3.05, 3.63) is 17.0 Å². The normalized spacial score (nSPS) is 30.5. The smallest absolute Gasteiger partial charge is 0.138 e. The van der Waals surface area contributed by atoms with Crippen molar-refractivity contribution in [1.82, 2.24) is 15.0 Å². The lowest BCUT2D eigenvalue weighted by atomic mass is 10.00. The van der Waals surface area contributed by atoms with E-state index in [0.717, 1.165) is 17.5 Å². The number of rotatable bonds is 2. The Balaban J connectivity index is 1.81. The molecule has 1 aromatic rings. The molecule has 0 bridgehead atoms. The Morgan fingerprint density at radius 1 is 1.32 bits per heavy atom. The lowest BCUT2D eigenvalue weighted by Crippen LogP contribution is -2.55. The van der Waals surface area contributed by atoms with Crippen LogP contribution in [0.2, 0.25) is 0 Å². The average molecular weight is 263 g/mol. The van der Waals surface area contributed by atoms with Gasteiger partial charge in [-0.1, -0.05) is 5.16 Å². The summed E-state index contributed by atoms with van der Waals surface area (Å²) >= 11 is 0. The summed E-state index contributed by atoms with van der Waals surface area (Å²) in [6, 6.07) is 1.78. The summed E-state index contributed by atoms with van der Waals surface area (Å²) in [5.41, 5.74) is 2.34. The molecule has 106 valence electrons. The average Bonchev–Trinajstić information content (AvgIpc) is 2.94. The van der Waals surface area contributed by atoms with Crippen molar-refractivity contribution in [1.29, 1.82) is 0 Å². The van der Waals surface area contributed by atoms with Crippen LogP contribution in [0.1, 0.15) is 49.7 Å². The van der Waals surface area contributed by atoms with Crippen LogP contribution in [0.4, 0.5) is 0 Å². The van der Waals surface area contributed by atoms with Crippen LogP contribution in [0.3, 0.4) is 0 Å². The molecule has 4 nitrogen and oxygen atoms in total. The first kappa shape index (κ1) is 13.1. The van der Waals surface area contributed by atoms with Gasteiger partial charge >= 0.3 is 0 Å². The van der Waals surface area contributed by atoms with E-state index >= 15 is 0 Å². The highest BCUT2D eigenvalue weighted by molar-refractivity contribution is 5.25. The molecule has 2 saturated heterocycles. The van der Waals surface area contributed by atoms with Crippen molar-refractivity contribution in [3.8, 4) is 0 Å². The molecule has 3 heterocycles. The molecule has 1 aromatic heterocycles. The van der Waals surface area contributed by atoms with Gasteiger partial charge in [0.25, 0.3) is 0 Å². The first-order chi connectivity index (χ1) is 9.08. The number of hydrogen-bond acceptors (Lipinski definition) is 4. The fourth-order valence-corrected chi connectivity index (χ4v) is 4.00. The minimum absolute atomic E-state index is 0.406. The zero-order valence-corrected chi connectivity index (χ0v) is 12.5. The molecule has 0 N–H and O–H groups in total. The van der Waals surface area contributed by atoms with Crippen molar-refractivity contribution < 1.29 is 4.52 Å². The highest BCUT2D eigenvalue weighted by atomic mass is 16.5. The number of nitrogens with zero attached hydrogens (tertiary/aromatic N) is 3. The molecule has 2 aliphatic rings. The summed E-state index contributed by atoms with van der Waals surface area (Å²) in [5.74, 6) is 0.978. The summed E-state index contributed by atoms with van der Waals surface area (Å²) in [4.78, 5) is 5.31. The highest BCUT2D eigenvalue weighted by Crippen LogP contribution is 2.33. The molecule has 19 heavy (non-hydrogen) atoms. The van der Waals surface area contributed by atoms with E-state index in [9.17, 15) is 0 Å². The Kier molecular flexibility index (Phi) is 3.39. The monoisotopic (exact) mass is 263 g/mol. The molecular weight excluding hydrogens is 238 g/mol. The second-order valence-corrected chi connectivity index (χ2v) is 6.25. The summed E-state index contributed by atoms with van der Waals surface area (Å²) in [6.07, 6.45) is 2.72. The van der Waals surface area contributed by atoms with Gasteiger partial charge in [-0.3, -0.25) is 9.80 Å². The molecule has 3 unspecified atom stereocenters. The van der Waals surface area contributed by atoms with E-state index < -0.39 is 0 Å². The maximum absolute atomic E-state index is 5.34. The third kappa shape index (κ3) is 2.21. The molecule has 3 rings (SSSR count). The lowest BCUT2D eigenvalue weighted by Gasteiger charge is -2.45. The third-order valence-corrected chi connectivity index (χ3v) is 4.99. The molecule has 0 saturated carbocycles. The Morgan fingerprint density at radius 2 is 2.11 bits per heavy atom. The van der Waals surface area contributed by atoms with Gasteiger partial charge in [0, 0.05) is 36.8 Å². The van der Waals surface area contributed by atoms with Crippen LogP contribution in [-0.2, 0) is 0 Å². The van der Waals surface area contributed by atoms with Crippen LogP contribution in [-0.4, -0.2) is 46.7 Å². The van der Waals surface area contributed by atoms with Crippen LogP contribution in [0.15, 0.2) is 4.52 Å². The van der Waals surface area contributed by atoms with Gasteiger partial charge in [0.1, 0.15) is 5.76 Å². The Hall–Kier alpha value is -0.870. The molecule has 2 fully saturated rings. The molecule has 4 heteroatoms. The fourth-order valence-electron chi connectivity index (χ4n) is 4.00. The van der Waals surface area contributed by atoms with E-state index in [4.69, 9.17) is 4.52 Å². The predicted molar refractivity (Wildman–Crippen MR) is 75.2 cm³/mol. The third-order valence-electron chi connectivity index (χ3n) is 4.99. The largest absolute Gasteiger partial charge is 0.361 e. The zero-order chi connectivity index (χ0) is 13.6. The van der Waals surface area contributed by atoms with E-state index in [1.54, 1.807) is 0 Å². The maximum Gasteiger partial charge on any atom is 0.138 e. The van der Waals surface area contributed by atoms with Gasteiger partial charge < -0.3 is 4.52 Å². The number of piperazine rings is 1. The summed E-state index contributed by atoms with van der Waals surface area (Å²) < 4.78 is 5.34. The Morgan fingerprint density at radius 3 is 2.79 bits per heavy atom. The summed E-state index contributed by atoms with van der Waals surface area (Å²) in [5, 5.41) is 4.11. The van der Waals surface area contributed by atoms with Gasteiger partial charge in [0.2, 0.25) is 0 Å². The van der Waals surface area contributed by atoms with Crippen molar-refractivity contribution in [2.45, 2.75) is 58.7 Å². The molecule has 0 aromatic carbocycles. The van der Waals surface area contributed by atoms with E-state index in [-0.39, 0.29) is 0 Å². The van der Waals surface area contributed by atoms with Gasteiger partial charge in [-0.25, -0.2) is 0 Å². The molecule has 0 spiro atoms. The van der Waals surface area contributed by atoms with Gasteiger partial charge in [0.15, 0.2) is 0 Å². The summed E-state index contributed by atoms with van der Waals surface area (Å²) in [7, 11) is 0. The van der Waals surface area contributed by atoms with Gasteiger partial charge in [-0.05, 0) is 47.1 Å². The van der Waals surface area contributed by atoms with Crippen LogP contribution in [0, 0.1) is 13.8 Å². The molecular formula is C15H25N3O. The van der Waals surface area contributed by atoms with Crippen molar-refractivity contribution in [3.63, 3.8) is 0 Å². The van der Waals surface area contributed by atoms with Crippen molar-refractivity contribution in [2.24, 2.45) is 0 Å². The Labute approximate surface area is 115 Å². The zero-order valence-electron chi connectivity index (χ0n) is 12.5. The molecule has 0 radical (unpaired) electrons. The van der Waals surface area contributed by atoms with Crippen LogP contribution >= 0.6 is 0 Å². The molecule has 3 atom stereocenters. The van der Waals surface area contributed by atoms with E-state index in [1.165, 1.54) is 38.0 Å². The molecule has 2 aliphatic heterocycles. The molecule has 0 amide bonds. The number of hydrogen-bond donors (Lipinski definition) is 0.